The Balaban J connectivity index is 2.14. The molecule has 1 aliphatic rings. The van der Waals surface area contributed by atoms with Gasteiger partial charge in [-0.05, 0) is 53.7 Å². The summed E-state index contributed by atoms with van der Waals surface area (Å²) < 4.78 is 0.837. The fourth-order valence-corrected chi connectivity index (χ4v) is 2.67. The summed E-state index contributed by atoms with van der Waals surface area (Å²) in [6.07, 6.45) is 4.18. The lowest BCUT2D eigenvalue weighted by molar-refractivity contribution is 0.975. The normalized spacial score (nSPS) is 14.7. The molecule has 4 nitrogen and oxygen atoms in total. The van der Waals surface area contributed by atoms with Crippen molar-refractivity contribution in [3.63, 3.8) is 0 Å². The minimum Gasteiger partial charge on any atom is -0.383 e. The Morgan fingerprint density at radius 1 is 1.26 bits per heavy atom. The first-order valence-corrected chi connectivity index (χ1v) is 7.12. The van der Waals surface area contributed by atoms with Crippen LogP contribution in [0.2, 0.25) is 0 Å². The lowest BCUT2D eigenvalue weighted by Crippen LogP contribution is -2.04. The number of aromatic nitrogens is 3. The molecule has 2 aromatic heterocycles. The summed E-state index contributed by atoms with van der Waals surface area (Å²) in [6, 6.07) is 2.08. The summed E-state index contributed by atoms with van der Waals surface area (Å²) in [4.78, 5) is 13.5. The van der Waals surface area contributed by atoms with E-state index in [1.807, 2.05) is 20.0 Å². The van der Waals surface area contributed by atoms with E-state index >= 15 is 0 Å². The Hall–Kier alpha value is -1.49. The van der Waals surface area contributed by atoms with Crippen LogP contribution >= 0.6 is 15.9 Å². The van der Waals surface area contributed by atoms with Gasteiger partial charge in [-0.3, -0.25) is 4.98 Å². The Kier molecular flexibility index (Phi) is 3.01. The maximum Gasteiger partial charge on any atom is 0.180 e. The molecule has 0 aliphatic heterocycles. The average molecular weight is 319 g/mol. The Morgan fingerprint density at radius 3 is 2.63 bits per heavy atom. The third-order valence-corrected chi connectivity index (χ3v) is 4.11. The van der Waals surface area contributed by atoms with Gasteiger partial charge in [0.2, 0.25) is 0 Å². The van der Waals surface area contributed by atoms with Crippen LogP contribution in [0, 0.1) is 13.8 Å². The van der Waals surface area contributed by atoms with E-state index in [1.165, 1.54) is 12.8 Å². The second-order valence-corrected chi connectivity index (χ2v) is 5.88. The number of nitrogen functional groups attached to an aromatic ring is 1. The van der Waals surface area contributed by atoms with E-state index in [2.05, 4.69) is 36.9 Å². The summed E-state index contributed by atoms with van der Waals surface area (Å²) in [7, 11) is 0. The number of hydrogen-bond donors (Lipinski definition) is 1. The van der Waals surface area contributed by atoms with Gasteiger partial charge in [0, 0.05) is 12.1 Å². The molecule has 2 heterocycles. The molecule has 2 aromatic rings. The predicted octanol–water partition coefficient (Wildman–Crippen LogP) is 3.38. The number of rotatable bonds is 2. The van der Waals surface area contributed by atoms with Crippen molar-refractivity contribution in [3.05, 3.63) is 33.6 Å². The van der Waals surface area contributed by atoms with Crippen molar-refractivity contribution in [2.75, 3.05) is 5.73 Å². The van der Waals surface area contributed by atoms with Gasteiger partial charge in [0.25, 0.3) is 0 Å². The summed E-state index contributed by atoms with van der Waals surface area (Å²) >= 11 is 3.49. The highest BCUT2D eigenvalue weighted by Gasteiger charge is 2.29. The largest absolute Gasteiger partial charge is 0.383 e. The Bertz CT molecular complexity index is 650. The molecule has 0 radical (unpaired) electrons. The average Bonchev–Trinajstić information content (AvgIpc) is 3.17. The van der Waals surface area contributed by atoms with Crippen molar-refractivity contribution in [1.82, 2.24) is 15.0 Å². The van der Waals surface area contributed by atoms with Gasteiger partial charge in [-0.2, -0.15) is 0 Å². The van der Waals surface area contributed by atoms with Gasteiger partial charge in [-0.25, -0.2) is 9.97 Å². The van der Waals surface area contributed by atoms with Crippen LogP contribution in [-0.2, 0) is 0 Å². The second kappa shape index (κ2) is 4.56. The van der Waals surface area contributed by atoms with E-state index in [4.69, 9.17) is 5.73 Å². The van der Waals surface area contributed by atoms with Gasteiger partial charge in [0.05, 0.1) is 10.2 Å². The minimum atomic E-state index is 0.494. The molecule has 19 heavy (non-hydrogen) atoms. The van der Waals surface area contributed by atoms with Gasteiger partial charge in [-0.1, -0.05) is 6.07 Å². The molecular formula is C14H15BrN4. The molecule has 3 rings (SSSR count). The third kappa shape index (κ3) is 2.34. The zero-order chi connectivity index (χ0) is 13.6. The molecular weight excluding hydrogens is 304 g/mol. The van der Waals surface area contributed by atoms with E-state index in [0.29, 0.717) is 17.6 Å². The fraction of sp³-hybridized carbons (Fsp3) is 0.357. The Morgan fingerprint density at radius 2 is 2.00 bits per heavy atom. The molecule has 0 bridgehead atoms. The third-order valence-electron chi connectivity index (χ3n) is 3.29. The molecule has 1 fully saturated rings. The van der Waals surface area contributed by atoms with E-state index < -0.39 is 0 Å². The highest BCUT2D eigenvalue weighted by atomic mass is 79.9. The van der Waals surface area contributed by atoms with Crippen molar-refractivity contribution in [3.8, 4) is 11.5 Å². The van der Waals surface area contributed by atoms with Crippen LogP contribution in [0.1, 0.15) is 35.6 Å². The van der Waals surface area contributed by atoms with E-state index in [0.717, 1.165) is 27.0 Å². The molecule has 0 unspecified atom stereocenters. The first-order chi connectivity index (χ1) is 9.06. The smallest absolute Gasteiger partial charge is 0.180 e. The highest BCUT2D eigenvalue weighted by molar-refractivity contribution is 9.10. The monoisotopic (exact) mass is 318 g/mol. The van der Waals surface area contributed by atoms with E-state index in [1.54, 1.807) is 0 Å². The SMILES string of the molecule is Cc1cnc(-c2nc(N)c(Br)c(C3CC3)n2)c(C)c1. The molecule has 0 aromatic carbocycles. The number of hydrogen-bond acceptors (Lipinski definition) is 4. The van der Waals surface area contributed by atoms with Crippen LogP contribution in [0.25, 0.3) is 11.5 Å². The Labute approximate surface area is 120 Å². The quantitative estimate of drug-likeness (QED) is 0.921. The molecule has 0 saturated heterocycles. The topological polar surface area (TPSA) is 64.7 Å². The molecule has 5 heteroatoms. The lowest BCUT2D eigenvalue weighted by Gasteiger charge is -2.09. The van der Waals surface area contributed by atoms with Gasteiger partial charge in [-0.15, -0.1) is 0 Å². The number of aryl methyl sites for hydroxylation is 2. The highest BCUT2D eigenvalue weighted by Crippen LogP contribution is 2.43. The van der Waals surface area contributed by atoms with Crippen LogP contribution in [0.5, 0.6) is 0 Å². The van der Waals surface area contributed by atoms with Crippen LogP contribution in [0.3, 0.4) is 0 Å². The number of pyridine rings is 1. The molecule has 2 N–H and O–H groups in total. The first kappa shape index (κ1) is 12.5. The van der Waals surface area contributed by atoms with Gasteiger partial charge in [0.15, 0.2) is 5.82 Å². The molecule has 98 valence electrons. The summed E-state index contributed by atoms with van der Waals surface area (Å²) in [6.45, 7) is 4.05. The summed E-state index contributed by atoms with van der Waals surface area (Å²) in [5, 5.41) is 0. The van der Waals surface area contributed by atoms with Gasteiger partial charge in [0.1, 0.15) is 11.5 Å². The van der Waals surface area contributed by atoms with Crippen molar-refractivity contribution >= 4 is 21.7 Å². The predicted molar refractivity (Wildman–Crippen MR) is 78.8 cm³/mol. The molecule has 0 atom stereocenters. The maximum atomic E-state index is 5.98. The zero-order valence-corrected chi connectivity index (χ0v) is 12.5. The van der Waals surface area contributed by atoms with Crippen LogP contribution in [-0.4, -0.2) is 15.0 Å². The molecule has 1 saturated carbocycles. The lowest BCUT2D eigenvalue weighted by atomic mass is 10.1. The number of nitrogens with zero attached hydrogens (tertiary/aromatic N) is 3. The zero-order valence-electron chi connectivity index (χ0n) is 10.9. The van der Waals surface area contributed by atoms with Crippen LogP contribution in [0.15, 0.2) is 16.7 Å². The van der Waals surface area contributed by atoms with Gasteiger partial charge >= 0.3 is 0 Å². The number of anilines is 1. The van der Waals surface area contributed by atoms with Crippen molar-refractivity contribution in [1.29, 1.82) is 0 Å². The minimum absolute atomic E-state index is 0.494. The molecule has 0 amide bonds. The first-order valence-electron chi connectivity index (χ1n) is 6.33. The number of nitrogens with two attached hydrogens (primary N) is 1. The number of halogens is 1. The van der Waals surface area contributed by atoms with Crippen molar-refractivity contribution in [2.45, 2.75) is 32.6 Å². The van der Waals surface area contributed by atoms with Crippen LogP contribution < -0.4 is 5.73 Å². The summed E-state index contributed by atoms with van der Waals surface area (Å²) in [5.74, 6) is 1.64. The standard InChI is InChI=1S/C14H15BrN4/c1-7-5-8(2)11(17-6-7)14-18-12(9-3-4-9)10(15)13(16)19-14/h5-6,9H,3-4H2,1-2H3,(H2,16,18,19). The molecule has 0 spiro atoms. The van der Waals surface area contributed by atoms with E-state index in [9.17, 15) is 0 Å². The summed E-state index contributed by atoms with van der Waals surface area (Å²) in [5.41, 5.74) is 10.0. The fourth-order valence-electron chi connectivity index (χ4n) is 2.17. The van der Waals surface area contributed by atoms with E-state index in [-0.39, 0.29) is 0 Å². The van der Waals surface area contributed by atoms with Gasteiger partial charge < -0.3 is 5.73 Å². The molecule has 1 aliphatic carbocycles. The maximum absolute atomic E-state index is 5.98. The second-order valence-electron chi connectivity index (χ2n) is 5.08. The van der Waals surface area contributed by atoms with Crippen LogP contribution in [0.4, 0.5) is 5.82 Å². The van der Waals surface area contributed by atoms with Crippen molar-refractivity contribution in [2.24, 2.45) is 0 Å². The van der Waals surface area contributed by atoms with Crippen molar-refractivity contribution < 1.29 is 0 Å².